The van der Waals surface area contributed by atoms with Crippen molar-refractivity contribution in [2.45, 2.75) is 6.61 Å². The largest absolute Gasteiger partial charge is 0.489 e. The number of rotatable bonds is 4. The third-order valence-electron chi connectivity index (χ3n) is 2.38. The molecule has 2 aromatic rings. The Morgan fingerprint density at radius 2 is 1.89 bits per heavy atom. The molecule has 0 aliphatic carbocycles. The van der Waals surface area contributed by atoms with Gasteiger partial charge in [-0.15, -0.1) is 0 Å². The Morgan fingerprint density at radius 3 is 2.61 bits per heavy atom. The van der Waals surface area contributed by atoms with Crippen LogP contribution in [-0.4, -0.2) is 6.29 Å². The number of benzene rings is 2. The summed E-state index contributed by atoms with van der Waals surface area (Å²) >= 11 is 0. The van der Waals surface area contributed by atoms with Crippen molar-refractivity contribution in [1.29, 1.82) is 0 Å². The molecule has 2 aromatic carbocycles. The van der Waals surface area contributed by atoms with Crippen LogP contribution in [-0.2, 0) is 6.61 Å². The highest BCUT2D eigenvalue weighted by atomic mass is 19.2. The van der Waals surface area contributed by atoms with E-state index in [9.17, 15) is 13.6 Å². The fourth-order valence-electron chi connectivity index (χ4n) is 1.47. The fourth-order valence-corrected chi connectivity index (χ4v) is 1.47. The minimum Gasteiger partial charge on any atom is -0.489 e. The third-order valence-corrected chi connectivity index (χ3v) is 2.38. The summed E-state index contributed by atoms with van der Waals surface area (Å²) < 4.78 is 31.0. The van der Waals surface area contributed by atoms with Crippen LogP contribution < -0.4 is 4.74 Å². The lowest BCUT2D eigenvalue weighted by Crippen LogP contribution is -1.97. The molecule has 0 aliphatic heterocycles. The van der Waals surface area contributed by atoms with Gasteiger partial charge in [0.2, 0.25) is 0 Å². The van der Waals surface area contributed by atoms with E-state index in [1.54, 1.807) is 24.3 Å². The summed E-state index contributed by atoms with van der Waals surface area (Å²) in [5.41, 5.74) is 1.02. The molecule has 0 bridgehead atoms. The standard InChI is InChI=1S/C14H10F2O2/c15-13-5-4-11(7-14(13)16)9-18-12-3-1-2-10(6-12)8-17/h1-8H,9H2. The van der Waals surface area contributed by atoms with Crippen LogP contribution in [0.4, 0.5) is 8.78 Å². The predicted molar refractivity (Wildman–Crippen MR) is 62.5 cm³/mol. The average Bonchev–Trinajstić information content (AvgIpc) is 2.40. The summed E-state index contributed by atoms with van der Waals surface area (Å²) in [5.74, 6) is -1.29. The zero-order chi connectivity index (χ0) is 13.0. The first-order valence-electron chi connectivity index (χ1n) is 5.31. The van der Waals surface area contributed by atoms with E-state index >= 15 is 0 Å². The SMILES string of the molecule is O=Cc1cccc(OCc2ccc(F)c(F)c2)c1. The topological polar surface area (TPSA) is 26.3 Å². The van der Waals surface area contributed by atoms with E-state index in [0.717, 1.165) is 12.1 Å². The first-order chi connectivity index (χ1) is 8.69. The molecule has 0 aliphatic rings. The van der Waals surface area contributed by atoms with Gasteiger partial charge in [0.05, 0.1) is 0 Å². The van der Waals surface area contributed by atoms with Gasteiger partial charge in [0.15, 0.2) is 11.6 Å². The lowest BCUT2D eigenvalue weighted by molar-refractivity contribution is 0.112. The normalized spacial score (nSPS) is 10.1. The van der Waals surface area contributed by atoms with Crippen LogP contribution in [0.1, 0.15) is 15.9 Å². The summed E-state index contributed by atoms with van der Waals surface area (Å²) in [6, 6.07) is 10.2. The van der Waals surface area contributed by atoms with Crippen molar-refractivity contribution in [1.82, 2.24) is 0 Å². The number of carbonyl (C=O) groups excluding carboxylic acids is 1. The Bertz CT molecular complexity index is 567. The van der Waals surface area contributed by atoms with Gasteiger partial charge in [0, 0.05) is 5.56 Å². The van der Waals surface area contributed by atoms with Crippen LogP contribution in [0.15, 0.2) is 42.5 Å². The first kappa shape index (κ1) is 12.2. The van der Waals surface area contributed by atoms with Crippen LogP contribution in [0.25, 0.3) is 0 Å². The lowest BCUT2D eigenvalue weighted by Gasteiger charge is -2.06. The molecular formula is C14H10F2O2. The van der Waals surface area contributed by atoms with E-state index in [2.05, 4.69) is 0 Å². The molecule has 0 spiro atoms. The van der Waals surface area contributed by atoms with E-state index < -0.39 is 11.6 Å². The van der Waals surface area contributed by atoms with Gasteiger partial charge >= 0.3 is 0 Å². The van der Waals surface area contributed by atoms with E-state index in [0.29, 0.717) is 23.2 Å². The van der Waals surface area contributed by atoms with Gasteiger partial charge in [-0.05, 0) is 29.8 Å². The van der Waals surface area contributed by atoms with Crippen molar-refractivity contribution in [3.8, 4) is 5.75 Å². The smallest absolute Gasteiger partial charge is 0.159 e. The monoisotopic (exact) mass is 248 g/mol. The van der Waals surface area contributed by atoms with Gasteiger partial charge in [0.25, 0.3) is 0 Å². The van der Waals surface area contributed by atoms with E-state index in [4.69, 9.17) is 4.74 Å². The molecule has 2 rings (SSSR count). The second-order valence-electron chi connectivity index (χ2n) is 3.73. The zero-order valence-electron chi connectivity index (χ0n) is 9.40. The van der Waals surface area contributed by atoms with Gasteiger partial charge in [0.1, 0.15) is 18.6 Å². The second kappa shape index (κ2) is 5.40. The summed E-state index contributed by atoms with van der Waals surface area (Å²) in [4.78, 5) is 10.6. The van der Waals surface area contributed by atoms with E-state index in [1.807, 2.05) is 0 Å². The molecule has 0 saturated carbocycles. The molecule has 18 heavy (non-hydrogen) atoms. The van der Waals surface area contributed by atoms with Crippen molar-refractivity contribution in [3.05, 3.63) is 65.2 Å². The highest BCUT2D eigenvalue weighted by Crippen LogP contribution is 2.15. The van der Waals surface area contributed by atoms with Crippen LogP contribution in [0, 0.1) is 11.6 Å². The van der Waals surface area contributed by atoms with E-state index in [-0.39, 0.29) is 6.61 Å². The van der Waals surface area contributed by atoms with Gasteiger partial charge in [-0.25, -0.2) is 8.78 Å². The molecule has 92 valence electrons. The number of halogens is 2. The third kappa shape index (κ3) is 2.91. The van der Waals surface area contributed by atoms with Crippen molar-refractivity contribution in [3.63, 3.8) is 0 Å². The highest BCUT2D eigenvalue weighted by Gasteiger charge is 2.03. The number of ether oxygens (including phenoxy) is 1. The van der Waals surface area contributed by atoms with Crippen molar-refractivity contribution in [2.75, 3.05) is 0 Å². The van der Waals surface area contributed by atoms with Crippen LogP contribution in [0.3, 0.4) is 0 Å². The molecule has 0 heterocycles. The maximum absolute atomic E-state index is 12.9. The molecule has 0 saturated heterocycles. The summed E-state index contributed by atoms with van der Waals surface area (Å²) in [7, 11) is 0. The maximum Gasteiger partial charge on any atom is 0.159 e. The van der Waals surface area contributed by atoms with E-state index in [1.165, 1.54) is 6.07 Å². The predicted octanol–water partition coefficient (Wildman–Crippen LogP) is 3.36. The Morgan fingerprint density at radius 1 is 1.06 bits per heavy atom. The number of aldehydes is 1. The Labute approximate surface area is 103 Å². The first-order valence-corrected chi connectivity index (χ1v) is 5.31. The molecule has 4 heteroatoms. The molecule has 2 nitrogen and oxygen atoms in total. The number of hydrogen-bond acceptors (Lipinski definition) is 2. The van der Waals surface area contributed by atoms with Crippen molar-refractivity contribution >= 4 is 6.29 Å². The van der Waals surface area contributed by atoms with Gasteiger partial charge in [-0.3, -0.25) is 4.79 Å². The quantitative estimate of drug-likeness (QED) is 0.775. The fraction of sp³-hybridized carbons (Fsp3) is 0.0714. The average molecular weight is 248 g/mol. The molecule has 0 radical (unpaired) electrons. The molecule has 0 unspecified atom stereocenters. The van der Waals surface area contributed by atoms with Crippen LogP contribution in [0.5, 0.6) is 5.75 Å². The summed E-state index contributed by atoms with van der Waals surface area (Å²) in [5, 5.41) is 0. The van der Waals surface area contributed by atoms with Crippen LogP contribution in [0.2, 0.25) is 0 Å². The lowest BCUT2D eigenvalue weighted by atomic mass is 10.2. The Hall–Kier alpha value is -2.23. The van der Waals surface area contributed by atoms with Gasteiger partial charge in [-0.1, -0.05) is 18.2 Å². The number of carbonyl (C=O) groups is 1. The Balaban J connectivity index is 2.06. The van der Waals surface area contributed by atoms with Gasteiger partial charge < -0.3 is 4.74 Å². The summed E-state index contributed by atoms with van der Waals surface area (Å²) in [6.07, 6.45) is 0.713. The van der Waals surface area contributed by atoms with Crippen molar-refractivity contribution < 1.29 is 18.3 Å². The minimum absolute atomic E-state index is 0.111. The minimum atomic E-state index is -0.905. The number of hydrogen-bond donors (Lipinski definition) is 0. The van der Waals surface area contributed by atoms with Gasteiger partial charge in [-0.2, -0.15) is 0 Å². The molecule has 0 N–H and O–H groups in total. The second-order valence-corrected chi connectivity index (χ2v) is 3.73. The zero-order valence-corrected chi connectivity index (χ0v) is 9.40. The molecular weight excluding hydrogens is 238 g/mol. The van der Waals surface area contributed by atoms with Crippen LogP contribution >= 0.6 is 0 Å². The summed E-state index contributed by atoms with van der Waals surface area (Å²) in [6.45, 7) is 0.111. The van der Waals surface area contributed by atoms with Crippen molar-refractivity contribution in [2.24, 2.45) is 0 Å². The Kier molecular flexibility index (Phi) is 3.67. The molecule has 0 atom stereocenters. The molecule has 0 amide bonds. The highest BCUT2D eigenvalue weighted by molar-refractivity contribution is 5.75. The maximum atomic E-state index is 12.9. The molecule has 0 aromatic heterocycles. The molecule has 0 fully saturated rings.